The van der Waals surface area contributed by atoms with E-state index in [4.69, 9.17) is 9.47 Å². The van der Waals surface area contributed by atoms with Gasteiger partial charge in [0, 0.05) is 12.4 Å². The number of thioether (sulfide) groups is 1. The zero-order valence-electron chi connectivity index (χ0n) is 15.6. The molecule has 0 saturated carbocycles. The minimum atomic E-state index is 0.0174. The molecule has 23 heavy (non-hydrogen) atoms. The van der Waals surface area contributed by atoms with Crippen LogP contribution in [0.4, 0.5) is 0 Å². The molecule has 0 aromatic heterocycles. The monoisotopic (exact) mass is 338 g/mol. The Kier molecular flexibility index (Phi) is 9.73. The molecule has 1 atom stereocenters. The van der Waals surface area contributed by atoms with E-state index in [9.17, 15) is 0 Å². The van der Waals surface area contributed by atoms with Crippen molar-refractivity contribution < 1.29 is 9.47 Å². The van der Waals surface area contributed by atoms with Gasteiger partial charge in [-0.25, -0.2) is 0 Å². The van der Waals surface area contributed by atoms with E-state index in [1.165, 1.54) is 18.4 Å². The highest BCUT2D eigenvalue weighted by atomic mass is 32.2. The molecule has 132 valence electrons. The van der Waals surface area contributed by atoms with Gasteiger partial charge in [-0.15, -0.1) is 0 Å². The molecule has 0 fully saturated rings. The van der Waals surface area contributed by atoms with Gasteiger partial charge in [0.25, 0.3) is 0 Å². The van der Waals surface area contributed by atoms with E-state index in [1.54, 1.807) is 0 Å². The summed E-state index contributed by atoms with van der Waals surface area (Å²) in [6.45, 7) is 10.4. The van der Waals surface area contributed by atoms with Gasteiger partial charge in [-0.2, -0.15) is 11.8 Å². The van der Waals surface area contributed by atoms with Gasteiger partial charge in [0.15, 0.2) is 0 Å². The first-order chi connectivity index (χ1) is 11.0. The van der Waals surface area contributed by atoms with Crippen LogP contribution in [-0.4, -0.2) is 25.1 Å². The minimum absolute atomic E-state index is 0.0174. The SMILES string of the molecule is CCOC(C)(C)CCCC(C)CCOc1ccc(CSC)cc1. The van der Waals surface area contributed by atoms with Crippen LogP contribution < -0.4 is 4.74 Å². The lowest BCUT2D eigenvalue weighted by Gasteiger charge is -2.25. The smallest absolute Gasteiger partial charge is 0.119 e. The maximum atomic E-state index is 5.86. The maximum Gasteiger partial charge on any atom is 0.119 e. The molecule has 0 aliphatic carbocycles. The Labute approximate surface area is 147 Å². The molecule has 1 aromatic carbocycles. The van der Waals surface area contributed by atoms with E-state index >= 15 is 0 Å². The average molecular weight is 339 g/mol. The Morgan fingerprint density at radius 3 is 2.43 bits per heavy atom. The van der Waals surface area contributed by atoms with Crippen molar-refractivity contribution in [3.63, 3.8) is 0 Å². The molecular weight excluding hydrogens is 304 g/mol. The molecule has 3 heteroatoms. The molecule has 0 spiro atoms. The van der Waals surface area contributed by atoms with E-state index in [0.717, 1.165) is 37.6 Å². The zero-order valence-corrected chi connectivity index (χ0v) is 16.4. The lowest BCUT2D eigenvalue weighted by atomic mass is 9.95. The number of benzene rings is 1. The number of hydrogen-bond acceptors (Lipinski definition) is 3. The highest BCUT2D eigenvalue weighted by molar-refractivity contribution is 7.97. The van der Waals surface area contributed by atoms with Gasteiger partial charge in [-0.05, 0) is 63.5 Å². The van der Waals surface area contributed by atoms with E-state index in [-0.39, 0.29) is 5.60 Å². The van der Waals surface area contributed by atoms with Crippen molar-refractivity contribution in [2.45, 2.75) is 64.7 Å². The highest BCUT2D eigenvalue weighted by Gasteiger charge is 2.17. The van der Waals surface area contributed by atoms with Crippen LogP contribution in [0.3, 0.4) is 0 Å². The van der Waals surface area contributed by atoms with Crippen LogP contribution in [0.1, 0.15) is 58.9 Å². The van der Waals surface area contributed by atoms with Gasteiger partial charge >= 0.3 is 0 Å². The Hall–Kier alpha value is -0.670. The fourth-order valence-electron chi connectivity index (χ4n) is 2.71. The first kappa shape index (κ1) is 20.4. The molecule has 0 radical (unpaired) electrons. The predicted octanol–water partition coefficient (Wildman–Crippen LogP) is 5.94. The summed E-state index contributed by atoms with van der Waals surface area (Å²) in [5.41, 5.74) is 1.37. The van der Waals surface area contributed by atoms with Crippen LogP contribution in [-0.2, 0) is 10.5 Å². The van der Waals surface area contributed by atoms with Crippen LogP contribution >= 0.6 is 11.8 Å². The molecular formula is C20H34O2S. The molecule has 1 unspecified atom stereocenters. The molecule has 0 amide bonds. The predicted molar refractivity (Wildman–Crippen MR) is 102 cm³/mol. The normalized spacial score (nSPS) is 13.1. The Balaban J connectivity index is 2.17. The molecule has 0 aliphatic rings. The molecule has 0 bridgehead atoms. The summed E-state index contributed by atoms with van der Waals surface area (Å²) in [7, 11) is 0. The Morgan fingerprint density at radius 1 is 1.13 bits per heavy atom. The second kappa shape index (κ2) is 11.0. The second-order valence-electron chi connectivity index (χ2n) is 6.90. The lowest BCUT2D eigenvalue weighted by molar-refractivity contribution is -0.0183. The van der Waals surface area contributed by atoms with Gasteiger partial charge < -0.3 is 9.47 Å². The van der Waals surface area contributed by atoms with Crippen molar-refractivity contribution in [2.75, 3.05) is 19.5 Å². The summed E-state index contributed by atoms with van der Waals surface area (Å²) in [5, 5.41) is 0. The molecule has 0 aliphatic heterocycles. The van der Waals surface area contributed by atoms with Crippen LogP contribution in [0, 0.1) is 5.92 Å². The van der Waals surface area contributed by atoms with Crippen molar-refractivity contribution >= 4 is 11.8 Å². The number of hydrogen-bond donors (Lipinski definition) is 0. The van der Waals surface area contributed by atoms with E-state index in [0.29, 0.717) is 5.92 Å². The van der Waals surface area contributed by atoms with Gasteiger partial charge in [-0.3, -0.25) is 0 Å². The van der Waals surface area contributed by atoms with E-state index in [2.05, 4.69) is 58.2 Å². The summed E-state index contributed by atoms with van der Waals surface area (Å²) in [5.74, 6) is 2.75. The molecule has 1 rings (SSSR count). The summed E-state index contributed by atoms with van der Waals surface area (Å²) in [6.07, 6.45) is 6.83. The molecule has 1 aromatic rings. The van der Waals surface area contributed by atoms with Crippen molar-refractivity contribution in [1.82, 2.24) is 0 Å². The Morgan fingerprint density at radius 2 is 1.83 bits per heavy atom. The zero-order chi connectivity index (χ0) is 17.1. The van der Waals surface area contributed by atoms with Crippen LogP contribution in [0.5, 0.6) is 5.75 Å². The number of rotatable bonds is 12. The van der Waals surface area contributed by atoms with E-state index < -0.39 is 0 Å². The van der Waals surface area contributed by atoms with Gasteiger partial charge in [0.05, 0.1) is 12.2 Å². The molecule has 0 N–H and O–H groups in total. The van der Waals surface area contributed by atoms with Crippen LogP contribution in [0.2, 0.25) is 0 Å². The standard InChI is InChI=1S/C20H34O2S/c1-6-22-20(3,4)14-7-8-17(2)13-15-21-19-11-9-18(10-12-19)16-23-5/h9-12,17H,6-8,13-16H2,1-5H3. The minimum Gasteiger partial charge on any atom is -0.494 e. The number of ether oxygens (including phenoxy) is 2. The highest BCUT2D eigenvalue weighted by Crippen LogP contribution is 2.21. The van der Waals surface area contributed by atoms with Crippen molar-refractivity contribution in [1.29, 1.82) is 0 Å². The summed E-state index contributed by atoms with van der Waals surface area (Å²) in [6, 6.07) is 8.48. The molecule has 0 saturated heterocycles. The van der Waals surface area contributed by atoms with Gasteiger partial charge in [0.2, 0.25) is 0 Å². The quantitative estimate of drug-likeness (QED) is 0.470. The molecule has 2 nitrogen and oxygen atoms in total. The van der Waals surface area contributed by atoms with Crippen LogP contribution in [0.25, 0.3) is 0 Å². The fraction of sp³-hybridized carbons (Fsp3) is 0.700. The third-order valence-corrected chi connectivity index (χ3v) is 4.75. The third kappa shape index (κ3) is 9.26. The van der Waals surface area contributed by atoms with Crippen molar-refractivity contribution in [3.05, 3.63) is 29.8 Å². The average Bonchev–Trinajstić information content (AvgIpc) is 2.49. The van der Waals surface area contributed by atoms with Crippen molar-refractivity contribution in [3.8, 4) is 5.75 Å². The fourth-order valence-corrected chi connectivity index (χ4v) is 3.24. The summed E-state index contributed by atoms with van der Waals surface area (Å²) in [4.78, 5) is 0. The second-order valence-corrected chi connectivity index (χ2v) is 7.77. The lowest BCUT2D eigenvalue weighted by Crippen LogP contribution is -2.24. The molecule has 0 heterocycles. The summed E-state index contributed by atoms with van der Waals surface area (Å²) >= 11 is 1.84. The third-order valence-electron chi connectivity index (χ3n) is 4.12. The van der Waals surface area contributed by atoms with E-state index in [1.807, 2.05) is 11.8 Å². The van der Waals surface area contributed by atoms with Crippen molar-refractivity contribution in [2.24, 2.45) is 5.92 Å². The topological polar surface area (TPSA) is 18.5 Å². The van der Waals surface area contributed by atoms with Gasteiger partial charge in [-0.1, -0.05) is 31.9 Å². The largest absolute Gasteiger partial charge is 0.494 e. The first-order valence-electron chi connectivity index (χ1n) is 8.81. The van der Waals surface area contributed by atoms with Crippen LogP contribution in [0.15, 0.2) is 24.3 Å². The first-order valence-corrected chi connectivity index (χ1v) is 10.2. The Bertz CT molecular complexity index is 414. The maximum absolute atomic E-state index is 5.86. The van der Waals surface area contributed by atoms with Gasteiger partial charge in [0.1, 0.15) is 5.75 Å². The summed E-state index contributed by atoms with van der Waals surface area (Å²) < 4.78 is 11.6.